The van der Waals surface area contributed by atoms with Crippen molar-refractivity contribution >= 4 is 28.9 Å². The fraction of sp³-hybridized carbons (Fsp3) is 0.333. The van der Waals surface area contributed by atoms with E-state index in [1.165, 1.54) is 48.9 Å². The van der Waals surface area contributed by atoms with Crippen LogP contribution in [-0.4, -0.2) is 29.3 Å². The van der Waals surface area contributed by atoms with E-state index in [4.69, 9.17) is 0 Å². The Kier molecular flexibility index (Phi) is 8.38. The third-order valence-electron chi connectivity index (χ3n) is 8.00. The largest absolute Gasteiger partial charge is 0.416 e. The lowest BCUT2D eigenvalue weighted by Gasteiger charge is -2.33. The highest BCUT2D eigenvalue weighted by Crippen LogP contribution is 2.36. The number of hydrogen-bond acceptors (Lipinski definition) is 3. The molecule has 1 heterocycles. The summed E-state index contributed by atoms with van der Waals surface area (Å²) >= 11 is 0. The second-order valence-corrected chi connectivity index (χ2v) is 11.0. The molecule has 220 valence electrons. The summed E-state index contributed by atoms with van der Waals surface area (Å²) in [5.74, 6) is -1.85. The van der Waals surface area contributed by atoms with Gasteiger partial charge in [-0.05, 0) is 86.6 Å². The second kappa shape index (κ2) is 12.0. The Morgan fingerprint density at radius 3 is 2.24 bits per heavy atom. The average Bonchev–Trinajstić information content (AvgIpc) is 3.46. The lowest BCUT2D eigenvalue weighted by molar-refractivity contribution is -0.138. The van der Waals surface area contributed by atoms with Gasteiger partial charge in [0.15, 0.2) is 0 Å². The first-order valence-corrected chi connectivity index (χ1v) is 14.2. The molecule has 1 aliphatic heterocycles. The van der Waals surface area contributed by atoms with E-state index in [1.807, 2.05) is 24.3 Å². The van der Waals surface area contributed by atoms with Gasteiger partial charge in [-0.2, -0.15) is 13.2 Å². The van der Waals surface area contributed by atoms with E-state index in [1.54, 1.807) is 13.0 Å². The van der Waals surface area contributed by atoms with Crippen LogP contribution in [0.2, 0.25) is 0 Å². The molecule has 42 heavy (non-hydrogen) atoms. The molecule has 1 fully saturated rings. The van der Waals surface area contributed by atoms with Gasteiger partial charge in [0.2, 0.25) is 0 Å². The van der Waals surface area contributed by atoms with Crippen LogP contribution in [0.5, 0.6) is 0 Å². The van der Waals surface area contributed by atoms with Crippen LogP contribution in [0.1, 0.15) is 71.1 Å². The number of anilines is 2. The van der Waals surface area contributed by atoms with Gasteiger partial charge in [0.05, 0.1) is 16.8 Å². The number of alkyl halides is 3. The minimum atomic E-state index is -4.57. The molecule has 3 aromatic carbocycles. The molecule has 2 aliphatic rings. The minimum absolute atomic E-state index is 0.00529. The van der Waals surface area contributed by atoms with Crippen molar-refractivity contribution in [3.05, 3.63) is 99.9 Å². The van der Waals surface area contributed by atoms with Crippen LogP contribution >= 0.6 is 0 Å². The zero-order valence-corrected chi connectivity index (χ0v) is 23.6. The van der Waals surface area contributed by atoms with Gasteiger partial charge in [-0.15, -0.1) is 0 Å². The fourth-order valence-corrected chi connectivity index (χ4v) is 5.84. The molecule has 0 unspecified atom stereocenters. The van der Waals surface area contributed by atoms with Crippen molar-refractivity contribution in [1.82, 2.24) is 4.90 Å². The van der Waals surface area contributed by atoms with Crippen molar-refractivity contribution in [2.45, 2.75) is 64.6 Å². The first-order valence-electron chi connectivity index (χ1n) is 14.2. The van der Waals surface area contributed by atoms with Crippen LogP contribution in [0.25, 0.3) is 5.70 Å². The molecule has 0 bridgehead atoms. The normalized spacial score (nSPS) is 16.1. The van der Waals surface area contributed by atoms with Gasteiger partial charge in [-0.1, -0.05) is 43.2 Å². The Bertz CT molecular complexity index is 1500. The number of aryl methyl sites for hydroxylation is 2. The van der Waals surface area contributed by atoms with E-state index in [-0.39, 0.29) is 28.9 Å². The van der Waals surface area contributed by atoms with Crippen molar-refractivity contribution in [3.63, 3.8) is 0 Å². The molecule has 0 aromatic heterocycles. The van der Waals surface area contributed by atoms with Crippen molar-refractivity contribution in [1.29, 1.82) is 0 Å². The van der Waals surface area contributed by atoms with Crippen molar-refractivity contribution < 1.29 is 27.2 Å². The van der Waals surface area contributed by atoms with E-state index in [0.29, 0.717) is 35.7 Å². The van der Waals surface area contributed by atoms with Gasteiger partial charge in [-0.25, -0.2) is 4.39 Å². The molecule has 9 heteroatoms. The lowest BCUT2D eigenvalue weighted by atomic mass is 9.94. The zero-order chi connectivity index (χ0) is 30.0. The quantitative estimate of drug-likeness (QED) is 0.290. The Morgan fingerprint density at radius 1 is 0.881 bits per heavy atom. The molecule has 0 atom stereocenters. The first-order chi connectivity index (χ1) is 20.0. The van der Waals surface area contributed by atoms with E-state index in [0.717, 1.165) is 24.6 Å². The Labute approximate surface area is 242 Å². The van der Waals surface area contributed by atoms with E-state index < -0.39 is 29.4 Å². The number of rotatable bonds is 6. The van der Waals surface area contributed by atoms with Crippen LogP contribution in [-0.2, 0) is 11.0 Å². The summed E-state index contributed by atoms with van der Waals surface area (Å²) in [6.07, 6.45) is 0.691. The Hall–Kier alpha value is -4.14. The first kappa shape index (κ1) is 29.4. The van der Waals surface area contributed by atoms with Gasteiger partial charge in [0, 0.05) is 29.5 Å². The summed E-state index contributed by atoms with van der Waals surface area (Å²) in [6, 6.07) is 15.8. The van der Waals surface area contributed by atoms with E-state index in [9.17, 15) is 27.2 Å². The molecular weight excluding hydrogens is 546 g/mol. The molecule has 5 nitrogen and oxygen atoms in total. The van der Waals surface area contributed by atoms with Crippen molar-refractivity contribution in [2.24, 2.45) is 0 Å². The van der Waals surface area contributed by atoms with Gasteiger partial charge in [0.1, 0.15) is 5.82 Å². The highest BCUT2D eigenvalue weighted by atomic mass is 19.4. The monoisotopic (exact) mass is 579 g/mol. The summed E-state index contributed by atoms with van der Waals surface area (Å²) in [5, 5.41) is 6.13. The van der Waals surface area contributed by atoms with Crippen LogP contribution in [0, 0.1) is 19.7 Å². The third-order valence-corrected chi connectivity index (χ3v) is 8.00. The van der Waals surface area contributed by atoms with Gasteiger partial charge in [0.25, 0.3) is 11.8 Å². The molecule has 1 aliphatic carbocycles. The lowest BCUT2D eigenvalue weighted by Crippen LogP contribution is -2.37. The summed E-state index contributed by atoms with van der Waals surface area (Å²) < 4.78 is 55.5. The summed E-state index contributed by atoms with van der Waals surface area (Å²) in [6.45, 7) is 3.26. The summed E-state index contributed by atoms with van der Waals surface area (Å²) in [4.78, 5) is 28.9. The van der Waals surface area contributed by atoms with Gasteiger partial charge < -0.3 is 15.5 Å². The Balaban J connectivity index is 1.54. The van der Waals surface area contributed by atoms with E-state index >= 15 is 0 Å². The van der Waals surface area contributed by atoms with Crippen LogP contribution in [0.15, 0.2) is 66.2 Å². The molecule has 0 saturated heterocycles. The number of halogens is 4. The number of benzene rings is 3. The summed E-state index contributed by atoms with van der Waals surface area (Å²) in [5.41, 5.74) is 1.65. The topological polar surface area (TPSA) is 61.4 Å². The third kappa shape index (κ3) is 6.20. The summed E-state index contributed by atoms with van der Waals surface area (Å²) in [7, 11) is 0. The highest BCUT2D eigenvalue weighted by molar-refractivity contribution is 6.12. The molecule has 5 rings (SSSR count). The predicted octanol–water partition coefficient (Wildman–Crippen LogP) is 8.10. The molecule has 2 amide bonds. The van der Waals surface area contributed by atoms with Crippen molar-refractivity contribution in [3.8, 4) is 0 Å². The number of nitrogens with zero attached hydrogens (tertiary/aromatic N) is 1. The smallest absolute Gasteiger partial charge is 0.382 e. The van der Waals surface area contributed by atoms with Crippen LogP contribution < -0.4 is 10.6 Å². The number of hydrogen-bond donors (Lipinski definition) is 2. The highest BCUT2D eigenvalue weighted by Gasteiger charge is 2.34. The van der Waals surface area contributed by atoms with Crippen LogP contribution in [0.3, 0.4) is 0 Å². The fourth-order valence-electron chi connectivity index (χ4n) is 5.84. The number of carbonyl (C=O) groups excluding carboxylic acids is 2. The molecule has 0 radical (unpaired) electrons. The minimum Gasteiger partial charge on any atom is -0.382 e. The molecule has 3 aromatic rings. The number of amides is 2. The molecule has 2 N–H and O–H groups in total. The maximum Gasteiger partial charge on any atom is 0.416 e. The SMILES string of the molecule is Cc1ccc(NC(=O)C2=C(c3ccc(NC4CCCC4)cc3)N(C(=O)c3c(C)cccc3F)CCC2)cc1C(F)(F)F. The standard InChI is InChI=1S/C33H33F4N3O2/c1-20-12-15-25(19-27(20)33(35,36)37)39-31(41)26-10-6-18-40(32(42)29-21(2)7-5-11-28(29)34)30(26)22-13-16-24(17-14-22)38-23-8-3-4-9-23/h5,7,11-17,19,23,38H,3-4,6,8-10,18H2,1-2H3,(H,39,41). The average molecular weight is 580 g/mol. The van der Waals surface area contributed by atoms with Gasteiger partial charge >= 0.3 is 6.18 Å². The van der Waals surface area contributed by atoms with E-state index in [2.05, 4.69) is 10.6 Å². The molecule has 1 saturated carbocycles. The number of nitrogens with one attached hydrogen (secondary N) is 2. The number of carbonyl (C=O) groups is 2. The Morgan fingerprint density at radius 2 is 1.57 bits per heavy atom. The zero-order valence-electron chi connectivity index (χ0n) is 23.6. The second-order valence-electron chi connectivity index (χ2n) is 11.0. The van der Waals surface area contributed by atoms with Crippen molar-refractivity contribution in [2.75, 3.05) is 17.2 Å². The maximum atomic E-state index is 14.9. The van der Waals surface area contributed by atoms with Gasteiger partial charge in [-0.3, -0.25) is 9.59 Å². The molecule has 0 spiro atoms. The molecular formula is C33H33F4N3O2. The van der Waals surface area contributed by atoms with Crippen LogP contribution in [0.4, 0.5) is 28.9 Å². The predicted molar refractivity (Wildman–Crippen MR) is 155 cm³/mol. The maximum absolute atomic E-state index is 14.9.